The van der Waals surface area contributed by atoms with Gasteiger partial charge >= 0.3 is 0 Å². The molecule has 0 amide bonds. The van der Waals surface area contributed by atoms with E-state index in [2.05, 4.69) is 34.4 Å². The number of nitrogens with two attached hydrogens (primary N) is 1. The molecule has 2 N–H and O–H groups in total. The van der Waals surface area contributed by atoms with Gasteiger partial charge in [0, 0.05) is 6.04 Å². The van der Waals surface area contributed by atoms with E-state index in [1.807, 2.05) is 13.8 Å². The summed E-state index contributed by atoms with van der Waals surface area (Å²) < 4.78 is 5.32. The molecule has 0 saturated heterocycles. The number of hydrogen-bond donors (Lipinski definition) is 1. The molecule has 1 heterocycles. The van der Waals surface area contributed by atoms with E-state index in [4.69, 9.17) is 10.3 Å². The fourth-order valence-electron chi connectivity index (χ4n) is 2.29. The van der Waals surface area contributed by atoms with Crippen LogP contribution < -0.4 is 5.73 Å². The van der Waals surface area contributed by atoms with Gasteiger partial charge in [-0.25, -0.2) is 0 Å². The minimum absolute atomic E-state index is 0.0203. The highest BCUT2D eigenvalue weighted by atomic mass is 16.5. The maximum Gasteiger partial charge on any atom is 0.231 e. The topological polar surface area (TPSA) is 64.9 Å². The molecule has 0 spiro atoms. The van der Waals surface area contributed by atoms with Gasteiger partial charge in [-0.15, -0.1) is 0 Å². The lowest BCUT2D eigenvalue weighted by Gasteiger charge is -2.27. The molecule has 0 bridgehead atoms. The van der Waals surface area contributed by atoms with Crippen molar-refractivity contribution in [1.82, 2.24) is 10.1 Å². The Kier molecular flexibility index (Phi) is 2.67. The molecule has 3 atom stereocenters. The van der Waals surface area contributed by atoms with Crippen molar-refractivity contribution in [1.29, 1.82) is 0 Å². The second-order valence-corrected chi connectivity index (χ2v) is 5.09. The van der Waals surface area contributed by atoms with Gasteiger partial charge in [-0.05, 0) is 24.5 Å². The summed E-state index contributed by atoms with van der Waals surface area (Å²) >= 11 is 0. The zero-order chi connectivity index (χ0) is 12.7. The molecule has 1 aromatic heterocycles. The molecule has 1 aromatic carbocycles. The Labute approximate surface area is 106 Å². The highest BCUT2D eigenvalue weighted by Crippen LogP contribution is 2.38. The average Bonchev–Trinajstić information content (AvgIpc) is 2.79. The van der Waals surface area contributed by atoms with Gasteiger partial charge in [-0.1, -0.05) is 36.3 Å². The lowest BCUT2D eigenvalue weighted by Crippen LogP contribution is -2.23. The maximum absolute atomic E-state index is 5.85. The van der Waals surface area contributed by atoms with Crippen molar-refractivity contribution in [2.75, 3.05) is 0 Å². The van der Waals surface area contributed by atoms with Crippen molar-refractivity contribution in [3.8, 4) is 0 Å². The fraction of sp³-hybridized carbons (Fsp3) is 0.429. The summed E-state index contributed by atoms with van der Waals surface area (Å²) in [6, 6.07) is 8.42. The second kappa shape index (κ2) is 4.21. The van der Waals surface area contributed by atoms with Crippen LogP contribution in [-0.2, 0) is 6.42 Å². The van der Waals surface area contributed by atoms with Crippen LogP contribution in [0.5, 0.6) is 0 Å². The summed E-state index contributed by atoms with van der Waals surface area (Å²) in [6.45, 7) is 3.96. The van der Waals surface area contributed by atoms with Crippen LogP contribution in [0.25, 0.3) is 0 Å². The molecule has 0 saturated carbocycles. The summed E-state index contributed by atoms with van der Waals surface area (Å²) in [5, 5.41) is 4.10. The molecular weight excluding hydrogens is 226 g/mol. The van der Waals surface area contributed by atoms with Crippen molar-refractivity contribution in [3.05, 3.63) is 47.1 Å². The minimum atomic E-state index is 0.0203. The normalized spacial score (nSPS) is 20.9. The zero-order valence-electron chi connectivity index (χ0n) is 10.6. The van der Waals surface area contributed by atoms with Gasteiger partial charge in [0.15, 0.2) is 5.82 Å². The second-order valence-electron chi connectivity index (χ2n) is 5.09. The van der Waals surface area contributed by atoms with E-state index < -0.39 is 0 Å². The first kappa shape index (κ1) is 11.4. The first-order chi connectivity index (χ1) is 8.66. The molecule has 0 aliphatic heterocycles. The zero-order valence-corrected chi connectivity index (χ0v) is 10.6. The molecule has 94 valence electrons. The lowest BCUT2D eigenvalue weighted by molar-refractivity contribution is 0.341. The van der Waals surface area contributed by atoms with Crippen molar-refractivity contribution in [2.45, 2.75) is 38.1 Å². The van der Waals surface area contributed by atoms with Crippen LogP contribution in [0.1, 0.15) is 48.5 Å². The number of hydrogen-bond acceptors (Lipinski definition) is 4. The van der Waals surface area contributed by atoms with E-state index in [1.54, 1.807) is 0 Å². The van der Waals surface area contributed by atoms with Gasteiger partial charge in [0.25, 0.3) is 0 Å². The van der Waals surface area contributed by atoms with E-state index in [1.165, 1.54) is 11.1 Å². The fourth-order valence-corrected chi connectivity index (χ4v) is 2.29. The molecule has 1 aliphatic rings. The van der Waals surface area contributed by atoms with Crippen LogP contribution in [0, 0.1) is 0 Å². The van der Waals surface area contributed by atoms with Crippen LogP contribution in [0.3, 0.4) is 0 Å². The van der Waals surface area contributed by atoms with E-state index in [0.29, 0.717) is 11.8 Å². The van der Waals surface area contributed by atoms with Crippen LogP contribution in [0.2, 0.25) is 0 Å². The first-order valence-corrected chi connectivity index (χ1v) is 6.33. The quantitative estimate of drug-likeness (QED) is 0.897. The lowest BCUT2D eigenvalue weighted by atomic mass is 9.77. The molecular formula is C14H17N3O. The molecule has 1 aliphatic carbocycles. The van der Waals surface area contributed by atoms with Crippen LogP contribution in [0.15, 0.2) is 28.8 Å². The summed E-state index contributed by atoms with van der Waals surface area (Å²) in [7, 11) is 0. The van der Waals surface area contributed by atoms with Gasteiger partial charge < -0.3 is 10.3 Å². The van der Waals surface area contributed by atoms with Crippen LogP contribution >= 0.6 is 0 Å². The Morgan fingerprint density at radius 3 is 2.83 bits per heavy atom. The smallest absolute Gasteiger partial charge is 0.231 e. The van der Waals surface area contributed by atoms with Gasteiger partial charge in [-0.3, -0.25) is 0 Å². The molecule has 0 fully saturated rings. The Balaban J connectivity index is 1.84. The Hall–Kier alpha value is -1.68. The highest BCUT2D eigenvalue weighted by Gasteiger charge is 2.31. The standard InChI is InChI=1S/C14H17N3O/c1-8(9(2)15)14-16-13(17-18-14)12-7-10-5-3-4-6-11(10)12/h3-6,8-9,12H,7,15H2,1-2H3. The molecule has 4 nitrogen and oxygen atoms in total. The third kappa shape index (κ3) is 1.73. The molecule has 2 aromatic rings. The summed E-state index contributed by atoms with van der Waals surface area (Å²) in [5.41, 5.74) is 8.55. The number of nitrogens with zero attached hydrogens (tertiary/aromatic N) is 2. The van der Waals surface area contributed by atoms with Gasteiger partial charge in [-0.2, -0.15) is 4.98 Å². The number of rotatable bonds is 3. The molecule has 4 heteroatoms. The first-order valence-electron chi connectivity index (χ1n) is 6.33. The van der Waals surface area contributed by atoms with Crippen LogP contribution in [0.4, 0.5) is 0 Å². The van der Waals surface area contributed by atoms with Crippen molar-refractivity contribution in [2.24, 2.45) is 5.73 Å². The Bertz CT molecular complexity index is 562. The van der Waals surface area contributed by atoms with E-state index in [0.717, 1.165) is 12.2 Å². The van der Waals surface area contributed by atoms with Crippen molar-refractivity contribution < 1.29 is 4.52 Å². The molecule has 0 radical (unpaired) electrons. The Morgan fingerprint density at radius 2 is 2.11 bits per heavy atom. The van der Waals surface area contributed by atoms with E-state index >= 15 is 0 Å². The number of aromatic nitrogens is 2. The number of fused-ring (bicyclic) bond motifs is 1. The molecule has 3 unspecified atom stereocenters. The Morgan fingerprint density at radius 1 is 1.33 bits per heavy atom. The van der Waals surface area contributed by atoms with Gasteiger partial charge in [0.1, 0.15) is 0 Å². The summed E-state index contributed by atoms with van der Waals surface area (Å²) in [4.78, 5) is 4.49. The van der Waals surface area contributed by atoms with Crippen molar-refractivity contribution in [3.63, 3.8) is 0 Å². The largest absolute Gasteiger partial charge is 0.339 e. The molecule has 3 rings (SSSR count). The predicted molar refractivity (Wildman–Crippen MR) is 68.4 cm³/mol. The monoisotopic (exact) mass is 243 g/mol. The summed E-state index contributed by atoms with van der Waals surface area (Å²) in [6.07, 6.45) is 1.00. The van der Waals surface area contributed by atoms with E-state index in [9.17, 15) is 0 Å². The van der Waals surface area contributed by atoms with Crippen molar-refractivity contribution >= 4 is 0 Å². The highest BCUT2D eigenvalue weighted by molar-refractivity contribution is 5.43. The number of benzene rings is 1. The maximum atomic E-state index is 5.85. The van der Waals surface area contributed by atoms with Crippen LogP contribution in [-0.4, -0.2) is 16.2 Å². The third-order valence-electron chi connectivity index (χ3n) is 3.80. The molecule has 18 heavy (non-hydrogen) atoms. The minimum Gasteiger partial charge on any atom is -0.339 e. The SMILES string of the molecule is CC(N)C(C)c1nc(C2Cc3ccccc32)no1. The van der Waals surface area contributed by atoms with E-state index in [-0.39, 0.29) is 12.0 Å². The van der Waals surface area contributed by atoms with Gasteiger partial charge in [0.05, 0.1) is 11.8 Å². The summed E-state index contributed by atoms with van der Waals surface area (Å²) in [5.74, 6) is 1.82. The predicted octanol–water partition coefficient (Wildman–Crippen LogP) is 2.21. The average molecular weight is 243 g/mol. The van der Waals surface area contributed by atoms with Gasteiger partial charge in [0.2, 0.25) is 5.89 Å². The third-order valence-corrected chi connectivity index (χ3v) is 3.80.